The highest BCUT2D eigenvalue weighted by molar-refractivity contribution is 9.10. The lowest BCUT2D eigenvalue weighted by Crippen LogP contribution is -2.47. The van der Waals surface area contributed by atoms with Crippen molar-refractivity contribution >= 4 is 21.9 Å². The number of methoxy groups -OCH3 is 1. The zero-order valence-electron chi connectivity index (χ0n) is 10.6. The van der Waals surface area contributed by atoms with Gasteiger partial charge >= 0.3 is 0 Å². The fourth-order valence-corrected chi connectivity index (χ4v) is 1.59. The summed E-state index contributed by atoms with van der Waals surface area (Å²) < 4.78 is 5.85. The van der Waals surface area contributed by atoms with Gasteiger partial charge < -0.3 is 15.8 Å². The molecule has 0 fully saturated rings. The Morgan fingerprint density at radius 2 is 2.24 bits per heavy atom. The second-order valence-corrected chi connectivity index (χ2v) is 5.31. The molecular weight excluding hydrogens is 284 g/mol. The van der Waals surface area contributed by atoms with E-state index in [9.17, 15) is 0 Å². The van der Waals surface area contributed by atoms with Crippen LogP contribution < -0.4 is 15.8 Å². The van der Waals surface area contributed by atoms with E-state index in [1.165, 1.54) is 0 Å². The molecule has 0 aliphatic rings. The number of rotatable bonds is 5. The highest BCUT2D eigenvalue weighted by atomic mass is 79.9. The number of nitrogens with zero attached hydrogens (tertiary/aromatic N) is 2. The van der Waals surface area contributed by atoms with Crippen molar-refractivity contribution in [3.05, 3.63) is 10.7 Å². The molecule has 0 aliphatic heterocycles. The van der Waals surface area contributed by atoms with Crippen LogP contribution in [0.15, 0.2) is 10.7 Å². The predicted octanol–water partition coefficient (Wildman–Crippen LogP) is 2.03. The van der Waals surface area contributed by atoms with E-state index in [1.807, 2.05) is 0 Å². The molecular formula is C11H19BrN4O. The van der Waals surface area contributed by atoms with Gasteiger partial charge in [-0.25, -0.2) is 4.98 Å². The molecule has 0 aromatic carbocycles. The fraction of sp³-hybridized carbons (Fsp3) is 0.636. The standard InChI is InChI=1S/C11H19BrN4O/c1-7(2)11(3,6-13)16-10-14-5-8(12)9(15-10)17-4/h5,7H,6,13H2,1-4H3,(H,14,15,16). The minimum atomic E-state index is -0.237. The average Bonchev–Trinajstić information content (AvgIpc) is 2.31. The molecule has 0 bridgehead atoms. The lowest BCUT2D eigenvalue weighted by molar-refractivity contribution is 0.374. The van der Waals surface area contributed by atoms with Gasteiger partial charge in [-0.1, -0.05) is 13.8 Å². The Balaban J connectivity index is 2.94. The molecule has 0 radical (unpaired) electrons. The van der Waals surface area contributed by atoms with Gasteiger partial charge in [-0.05, 0) is 28.8 Å². The first-order valence-corrected chi connectivity index (χ1v) is 6.27. The van der Waals surface area contributed by atoms with Crippen LogP contribution in [0.4, 0.5) is 5.95 Å². The van der Waals surface area contributed by atoms with Crippen molar-refractivity contribution in [2.75, 3.05) is 19.0 Å². The molecule has 1 aromatic heterocycles. The summed E-state index contributed by atoms with van der Waals surface area (Å²) in [6, 6.07) is 0. The van der Waals surface area contributed by atoms with Gasteiger partial charge in [0.2, 0.25) is 11.8 Å². The number of hydrogen-bond donors (Lipinski definition) is 2. The molecule has 1 rings (SSSR count). The molecule has 6 heteroatoms. The highest BCUT2D eigenvalue weighted by Gasteiger charge is 2.27. The number of anilines is 1. The lowest BCUT2D eigenvalue weighted by atomic mass is 9.89. The number of hydrogen-bond acceptors (Lipinski definition) is 5. The molecule has 1 atom stereocenters. The Labute approximate surface area is 110 Å². The van der Waals surface area contributed by atoms with Crippen LogP contribution >= 0.6 is 15.9 Å². The van der Waals surface area contributed by atoms with Gasteiger partial charge in [0.1, 0.15) is 0 Å². The third kappa shape index (κ3) is 3.29. The van der Waals surface area contributed by atoms with E-state index in [-0.39, 0.29) is 5.54 Å². The molecule has 0 amide bonds. The van der Waals surface area contributed by atoms with Crippen LogP contribution in [0.3, 0.4) is 0 Å². The maximum Gasteiger partial charge on any atom is 0.232 e. The molecule has 0 aliphatic carbocycles. The summed E-state index contributed by atoms with van der Waals surface area (Å²) >= 11 is 3.31. The van der Waals surface area contributed by atoms with Crippen LogP contribution in [0.25, 0.3) is 0 Å². The Bertz CT molecular complexity index is 386. The highest BCUT2D eigenvalue weighted by Crippen LogP contribution is 2.25. The third-order valence-electron chi connectivity index (χ3n) is 3.00. The summed E-state index contributed by atoms with van der Waals surface area (Å²) in [5, 5.41) is 3.26. The van der Waals surface area contributed by atoms with Gasteiger partial charge in [0.05, 0.1) is 23.3 Å². The maximum atomic E-state index is 5.80. The summed E-state index contributed by atoms with van der Waals surface area (Å²) in [6.45, 7) is 6.77. The molecule has 17 heavy (non-hydrogen) atoms. The Hall–Kier alpha value is -0.880. The first-order chi connectivity index (χ1) is 7.92. The molecule has 1 heterocycles. The number of nitrogens with two attached hydrogens (primary N) is 1. The van der Waals surface area contributed by atoms with Crippen molar-refractivity contribution < 1.29 is 4.74 Å². The smallest absolute Gasteiger partial charge is 0.232 e. The van der Waals surface area contributed by atoms with E-state index >= 15 is 0 Å². The summed E-state index contributed by atoms with van der Waals surface area (Å²) in [6.07, 6.45) is 1.66. The quantitative estimate of drug-likeness (QED) is 0.871. The van der Waals surface area contributed by atoms with E-state index in [0.717, 1.165) is 4.47 Å². The van der Waals surface area contributed by atoms with Crippen LogP contribution in [-0.4, -0.2) is 29.2 Å². The molecule has 5 nitrogen and oxygen atoms in total. The second kappa shape index (κ2) is 5.64. The summed E-state index contributed by atoms with van der Waals surface area (Å²) in [7, 11) is 1.57. The number of ether oxygens (including phenoxy) is 1. The molecule has 1 unspecified atom stereocenters. The Morgan fingerprint density at radius 1 is 1.59 bits per heavy atom. The zero-order chi connectivity index (χ0) is 13.1. The van der Waals surface area contributed by atoms with Crippen molar-refractivity contribution in [1.82, 2.24) is 9.97 Å². The average molecular weight is 303 g/mol. The van der Waals surface area contributed by atoms with Gasteiger partial charge in [-0.3, -0.25) is 0 Å². The molecule has 0 spiro atoms. The van der Waals surface area contributed by atoms with Gasteiger partial charge in [0, 0.05) is 6.54 Å². The minimum absolute atomic E-state index is 0.237. The van der Waals surface area contributed by atoms with Crippen molar-refractivity contribution in [3.8, 4) is 5.88 Å². The second-order valence-electron chi connectivity index (χ2n) is 4.45. The molecule has 3 N–H and O–H groups in total. The summed E-state index contributed by atoms with van der Waals surface area (Å²) in [5.74, 6) is 1.39. The van der Waals surface area contributed by atoms with E-state index in [4.69, 9.17) is 10.5 Å². The number of nitrogens with one attached hydrogen (secondary N) is 1. The monoisotopic (exact) mass is 302 g/mol. The predicted molar refractivity (Wildman–Crippen MR) is 72.2 cm³/mol. The molecule has 0 saturated heterocycles. The maximum absolute atomic E-state index is 5.80. The summed E-state index contributed by atoms with van der Waals surface area (Å²) in [5.41, 5.74) is 5.56. The fourth-order valence-electron chi connectivity index (χ4n) is 1.24. The largest absolute Gasteiger partial charge is 0.480 e. The Morgan fingerprint density at radius 3 is 2.71 bits per heavy atom. The van der Waals surface area contributed by atoms with Gasteiger partial charge in [0.25, 0.3) is 0 Å². The van der Waals surface area contributed by atoms with Crippen LogP contribution in [0.1, 0.15) is 20.8 Å². The molecule has 1 aromatic rings. The summed E-state index contributed by atoms with van der Waals surface area (Å²) in [4.78, 5) is 8.46. The van der Waals surface area contributed by atoms with Crippen molar-refractivity contribution in [2.24, 2.45) is 11.7 Å². The topological polar surface area (TPSA) is 73.1 Å². The van der Waals surface area contributed by atoms with Gasteiger partial charge in [-0.15, -0.1) is 0 Å². The number of aromatic nitrogens is 2. The van der Waals surface area contributed by atoms with Crippen LogP contribution in [-0.2, 0) is 0 Å². The van der Waals surface area contributed by atoms with Crippen LogP contribution in [0, 0.1) is 5.92 Å². The van der Waals surface area contributed by atoms with Gasteiger partial charge in [-0.2, -0.15) is 4.98 Å². The number of halogens is 1. The SMILES string of the molecule is COc1nc(NC(C)(CN)C(C)C)ncc1Br. The lowest BCUT2D eigenvalue weighted by Gasteiger charge is -2.33. The first-order valence-electron chi connectivity index (χ1n) is 5.47. The van der Waals surface area contributed by atoms with E-state index in [0.29, 0.717) is 24.3 Å². The normalized spacial score (nSPS) is 14.5. The van der Waals surface area contributed by atoms with Crippen molar-refractivity contribution in [1.29, 1.82) is 0 Å². The zero-order valence-corrected chi connectivity index (χ0v) is 12.2. The minimum Gasteiger partial charge on any atom is -0.480 e. The van der Waals surface area contributed by atoms with Crippen LogP contribution in [0.2, 0.25) is 0 Å². The van der Waals surface area contributed by atoms with E-state index in [1.54, 1.807) is 13.3 Å². The van der Waals surface area contributed by atoms with Crippen molar-refractivity contribution in [2.45, 2.75) is 26.3 Å². The van der Waals surface area contributed by atoms with E-state index in [2.05, 4.69) is 52.0 Å². The Kier molecular flexibility index (Phi) is 4.70. The first kappa shape index (κ1) is 14.2. The third-order valence-corrected chi connectivity index (χ3v) is 3.54. The molecule has 96 valence electrons. The van der Waals surface area contributed by atoms with Crippen LogP contribution in [0.5, 0.6) is 5.88 Å². The molecule has 0 saturated carbocycles. The van der Waals surface area contributed by atoms with Crippen molar-refractivity contribution in [3.63, 3.8) is 0 Å². The van der Waals surface area contributed by atoms with E-state index < -0.39 is 0 Å². The van der Waals surface area contributed by atoms with Gasteiger partial charge in [0.15, 0.2) is 0 Å².